The Morgan fingerprint density at radius 2 is 2.21 bits per heavy atom. The van der Waals surface area contributed by atoms with Crippen molar-refractivity contribution in [2.75, 3.05) is 18.8 Å². The number of piperidine rings is 1. The van der Waals surface area contributed by atoms with E-state index in [9.17, 15) is 0 Å². The van der Waals surface area contributed by atoms with E-state index in [0.717, 1.165) is 30.1 Å². The average Bonchev–Trinajstić information content (AvgIpc) is 2.82. The molecule has 2 aromatic rings. The van der Waals surface area contributed by atoms with Gasteiger partial charge in [0.1, 0.15) is 5.82 Å². The Labute approximate surface area is 113 Å². The monoisotopic (exact) mass is 259 g/mol. The van der Waals surface area contributed by atoms with Crippen molar-refractivity contribution in [1.82, 2.24) is 19.5 Å². The number of likely N-dealkylation sites (N-methyl/N-ethyl adjacent to an activating group) is 1. The van der Waals surface area contributed by atoms with Crippen LogP contribution in [0.3, 0.4) is 0 Å². The van der Waals surface area contributed by atoms with E-state index in [2.05, 4.69) is 22.0 Å². The van der Waals surface area contributed by atoms with E-state index < -0.39 is 0 Å². The molecular formula is C14H21N5. The quantitative estimate of drug-likeness (QED) is 0.912. The predicted octanol–water partition coefficient (Wildman–Crippen LogP) is 1.73. The van der Waals surface area contributed by atoms with E-state index in [0.29, 0.717) is 6.04 Å². The third-order valence-corrected chi connectivity index (χ3v) is 4.07. The number of nitrogens with zero attached hydrogens (tertiary/aromatic N) is 4. The molecule has 5 heteroatoms. The first-order chi connectivity index (χ1) is 9.28. The fourth-order valence-corrected chi connectivity index (χ4v) is 3.01. The molecule has 2 aromatic heterocycles. The minimum Gasteiger partial charge on any atom is -0.398 e. The average molecular weight is 259 g/mol. The number of pyridine rings is 1. The van der Waals surface area contributed by atoms with Crippen LogP contribution in [0.4, 0.5) is 5.69 Å². The smallest absolute Gasteiger partial charge is 0.160 e. The summed E-state index contributed by atoms with van der Waals surface area (Å²) in [4.78, 5) is 2.55. The third-order valence-electron chi connectivity index (χ3n) is 4.07. The van der Waals surface area contributed by atoms with Crippen LogP contribution in [0.5, 0.6) is 0 Å². The Morgan fingerprint density at radius 3 is 3.05 bits per heavy atom. The first-order valence-electron chi connectivity index (χ1n) is 7.11. The second-order valence-electron chi connectivity index (χ2n) is 5.29. The van der Waals surface area contributed by atoms with Crippen molar-refractivity contribution in [1.29, 1.82) is 0 Å². The number of fused-ring (bicyclic) bond motifs is 1. The molecule has 1 aliphatic rings. The summed E-state index contributed by atoms with van der Waals surface area (Å²) in [7, 11) is 0. The molecule has 19 heavy (non-hydrogen) atoms. The molecule has 3 rings (SSSR count). The zero-order valence-corrected chi connectivity index (χ0v) is 11.4. The molecule has 0 bridgehead atoms. The van der Waals surface area contributed by atoms with E-state index >= 15 is 0 Å². The fourth-order valence-electron chi connectivity index (χ4n) is 3.01. The summed E-state index contributed by atoms with van der Waals surface area (Å²) >= 11 is 0. The maximum atomic E-state index is 5.85. The number of nitrogens with two attached hydrogens (primary N) is 1. The lowest BCUT2D eigenvalue weighted by Crippen LogP contribution is -2.40. The summed E-state index contributed by atoms with van der Waals surface area (Å²) in [5, 5.41) is 8.55. The number of aromatic nitrogens is 3. The molecule has 3 heterocycles. The highest BCUT2D eigenvalue weighted by molar-refractivity contribution is 5.47. The topological polar surface area (TPSA) is 59.5 Å². The first-order valence-corrected chi connectivity index (χ1v) is 7.11. The minimum atomic E-state index is 0.590. The molecule has 0 aromatic carbocycles. The normalized spacial score (nSPS) is 21.0. The van der Waals surface area contributed by atoms with Gasteiger partial charge in [0.15, 0.2) is 5.65 Å². The number of nitrogen functional groups attached to an aromatic ring is 1. The lowest BCUT2D eigenvalue weighted by molar-refractivity contribution is 0.153. The van der Waals surface area contributed by atoms with E-state index in [1.54, 1.807) is 0 Å². The molecule has 5 nitrogen and oxygen atoms in total. The standard InChI is InChI=1S/C14H21N5/c1-2-18-8-4-3-5-12(18)9-14-17-16-13-7-6-11(15)10-19(13)14/h6-7,10,12H,2-5,8-9,15H2,1H3. The molecule has 0 aliphatic carbocycles. The van der Waals surface area contributed by atoms with E-state index in [-0.39, 0.29) is 0 Å². The second kappa shape index (κ2) is 5.17. The Balaban J connectivity index is 1.86. The Kier molecular flexibility index (Phi) is 3.38. The summed E-state index contributed by atoms with van der Waals surface area (Å²) in [5.74, 6) is 1.02. The summed E-state index contributed by atoms with van der Waals surface area (Å²) in [5.41, 5.74) is 7.48. The minimum absolute atomic E-state index is 0.590. The highest BCUT2D eigenvalue weighted by atomic mass is 15.3. The fraction of sp³-hybridized carbons (Fsp3) is 0.571. The summed E-state index contributed by atoms with van der Waals surface area (Å²) in [6.07, 6.45) is 6.77. The van der Waals surface area contributed by atoms with Crippen LogP contribution < -0.4 is 5.73 Å². The molecule has 0 spiro atoms. The summed E-state index contributed by atoms with van der Waals surface area (Å²) in [6.45, 7) is 4.56. The lowest BCUT2D eigenvalue weighted by atomic mass is 9.99. The van der Waals surface area contributed by atoms with Crippen molar-refractivity contribution in [2.45, 2.75) is 38.6 Å². The molecule has 1 saturated heterocycles. The van der Waals surface area contributed by atoms with Crippen molar-refractivity contribution in [3.63, 3.8) is 0 Å². The highest BCUT2D eigenvalue weighted by Gasteiger charge is 2.23. The van der Waals surface area contributed by atoms with Crippen molar-refractivity contribution >= 4 is 11.3 Å². The summed E-state index contributed by atoms with van der Waals surface area (Å²) in [6, 6.07) is 4.38. The van der Waals surface area contributed by atoms with E-state index in [1.165, 1.54) is 25.8 Å². The van der Waals surface area contributed by atoms with Crippen LogP contribution in [0.2, 0.25) is 0 Å². The summed E-state index contributed by atoms with van der Waals surface area (Å²) < 4.78 is 2.03. The number of likely N-dealkylation sites (tertiary alicyclic amines) is 1. The van der Waals surface area contributed by atoms with Gasteiger partial charge in [-0.3, -0.25) is 4.40 Å². The van der Waals surface area contributed by atoms with Crippen molar-refractivity contribution < 1.29 is 0 Å². The third kappa shape index (κ3) is 2.42. The Morgan fingerprint density at radius 1 is 1.32 bits per heavy atom. The van der Waals surface area contributed by atoms with Gasteiger partial charge < -0.3 is 10.6 Å². The van der Waals surface area contributed by atoms with Crippen LogP contribution in [0.25, 0.3) is 5.65 Å². The number of hydrogen-bond donors (Lipinski definition) is 1. The van der Waals surface area contributed by atoms with Crippen LogP contribution in [0.15, 0.2) is 18.3 Å². The van der Waals surface area contributed by atoms with Gasteiger partial charge in [-0.1, -0.05) is 13.3 Å². The predicted molar refractivity (Wildman–Crippen MR) is 76.0 cm³/mol. The van der Waals surface area contributed by atoms with E-state index in [4.69, 9.17) is 5.73 Å². The van der Waals surface area contributed by atoms with E-state index in [1.807, 2.05) is 22.7 Å². The maximum absolute atomic E-state index is 5.85. The number of hydrogen-bond acceptors (Lipinski definition) is 4. The molecule has 0 amide bonds. The van der Waals surface area contributed by atoms with Crippen LogP contribution in [-0.2, 0) is 6.42 Å². The molecule has 1 aliphatic heterocycles. The van der Waals surface area contributed by atoms with Crippen LogP contribution in [0, 0.1) is 0 Å². The molecule has 1 unspecified atom stereocenters. The zero-order valence-electron chi connectivity index (χ0n) is 11.4. The van der Waals surface area contributed by atoms with Crippen molar-refractivity contribution in [2.24, 2.45) is 0 Å². The van der Waals surface area contributed by atoms with Gasteiger partial charge in [-0.2, -0.15) is 0 Å². The Bertz CT molecular complexity index is 562. The molecule has 1 atom stereocenters. The van der Waals surface area contributed by atoms with Crippen LogP contribution in [-0.4, -0.2) is 38.6 Å². The number of anilines is 1. The molecular weight excluding hydrogens is 238 g/mol. The second-order valence-corrected chi connectivity index (χ2v) is 5.29. The van der Waals surface area contributed by atoms with Gasteiger partial charge >= 0.3 is 0 Å². The highest BCUT2D eigenvalue weighted by Crippen LogP contribution is 2.20. The van der Waals surface area contributed by atoms with Crippen LogP contribution in [0.1, 0.15) is 32.0 Å². The molecule has 0 radical (unpaired) electrons. The molecule has 2 N–H and O–H groups in total. The largest absolute Gasteiger partial charge is 0.398 e. The Hall–Kier alpha value is -1.62. The van der Waals surface area contributed by atoms with Gasteiger partial charge in [0.25, 0.3) is 0 Å². The van der Waals surface area contributed by atoms with Gasteiger partial charge in [0.2, 0.25) is 0 Å². The van der Waals surface area contributed by atoms with Gasteiger partial charge in [-0.25, -0.2) is 0 Å². The van der Waals surface area contributed by atoms with Crippen LogP contribution >= 0.6 is 0 Å². The molecule has 0 saturated carbocycles. The number of rotatable bonds is 3. The zero-order chi connectivity index (χ0) is 13.2. The maximum Gasteiger partial charge on any atom is 0.160 e. The van der Waals surface area contributed by atoms with Gasteiger partial charge in [0.05, 0.1) is 0 Å². The lowest BCUT2D eigenvalue weighted by Gasteiger charge is -2.34. The first kappa shape index (κ1) is 12.4. The van der Waals surface area contributed by atoms with Crippen molar-refractivity contribution in [3.8, 4) is 0 Å². The van der Waals surface area contributed by atoms with Gasteiger partial charge in [-0.15, -0.1) is 10.2 Å². The van der Waals surface area contributed by atoms with Gasteiger partial charge in [0, 0.05) is 24.3 Å². The van der Waals surface area contributed by atoms with Gasteiger partial charge in [-0.05, 0) is 38.1 Å². The van der Waals surface area contributed by atoms with Crippen molar-refractivity contribution in [3.05, 3.63) is 24.2 Å². The molecule has 1 fully saturated rings. The molecule has 102 valence electrons. The SMILES string of the molecule is CCN1CCCCC1Cc1nnc2ccc(N)cn12.